The van der Waals surface area contributed by atoms with Crippen LogP contribution in [-0.4, -0.2) is 24.0 Å². The molecule has 0 radical (unpaired) electrons. The van der Waals surface area contributed by atoms with E-state index >= 15 is 0 Å². The van der Waals surface area contributed by atoms with Gasteiger partial charge >= 0.3 is 0 Å². The van der Waals surface area contributed by atoms with E-state index in [0.29, 0.717) is 0 Å². The zero-order chi connectivity index (χ0) is 21.7. The normalized spacial score (nSPS) is 19.2. The minimum Gasteiger partial charge on any atom is -0.317 e. The summed E-state index contributed by atoms with van der Waals surface area (Å²) in [5.74, 6) is 0. The maximum Gasteiger partial charge on any atom is 0.0886 e. The molecule has 0 bridgehead atoms. The van der Waals surface area contributed by atoms with Gasteiger partial charge in [-0.05, 0) is 60.4 Å². The molecule has 1 aromatic heterocycles. The zero-order valence-electron chi connectivity index (χ0n) is 20.3. The van der Waals surface area contributed by atoms with E-state index < -0.39 is 8.07 Å². The van der Waals surface area contributed by atoms with Crippen molar-refractivity contribution in [1.29, 1.82) is 0 Å². The Morgan fingerprint density at radius 2 is 1.29 bits per heavy atom. The highest BCUT2D eigenvalue weighted by molar-refractivity contribution is 7.66. The van der Waals surface area contributed by atoms with Gasteiger partial charge in [0.1, 0.15) is 0 Å². The largest absolute Gasteiger partial charge is 0.317 e. The Morgan fingerprint density at radius 3 is 1.84 bits per heavy atom. The van der Waals surface area contributed by atoms with E-state index in [9.17, 15) is 0 Å². The molecule has 2 aliphatic rings. The summed E-state index contributed by atoms with van der Waals surface area (Å²) >= 11 is 0. The van der Waals surface area contributed by atoms with Gasteiger partial charge in [-0.2, -0.15) is 0 Å². The highest BCUT2D eigenvalue weighted by Gasteiger charge is 2.36. The molecule has 0 N–H and O–H groups in total. The lowest BCUT2D eigenvalue weighted by Crippen LogP contribution is -2.48. The van der Waals surface area contributed by atoms with Crippen LogP contribution >= 0.6 is 7.92 Å². The molecule has 2 saturated carbocycles. The lowest BCUT2D eigenvalue weighted by molar-refractivity contribution is 0.486. The molecular weight excluding hydrogens is 409 g/mol. The summed E-state index contributed by atoms with van der Waals surface area (Å²) in [6.45, 7) is 7.34. The molecule has 0 spiro atoms. The van der Waals surface area contributed by atoms with Gasteiger partial charge in [0.15, 0.2) is 0 Å². The molecule has 1 heterocycles. The molecule has 2 aromatic rings. The van der Waals surface area contributed by atoms with Gasteiger partial charge in [-0.25, -0.2) is 0 Å². The first-order valence-electron chi connectivity index (χ1n) is 13.3. The van der Waals surface area contributed by atoms with Gasteiger partial charge in [-0.3, -0.25) is 0 Å². The summed E-state index contributed by atoms with van der Waals surface area (Å²) < 4.78 is 2.69. The maximum absolute atomic E-state index is 2.69. The molecule has 3 heteroatoms. The van der Waals surface area contributed by atoms with E-state index in [1.807, 2.05) is 0 Å². The fraction of sp³-hybridized carbons (Fsp3) is 0.643. The quantitative estimate of drug-likeness (QED) is 0.282. The third-order valence-electron chi connectivity index (χ3n) is 8.69. The molecule has 0 aliphatic heterocycles. The van der Waals surface area contributed by atoms with E-state index in [1.54, 1.807) is 10.6 Å². The molecule has 2 aliphatic carbocycles. The molecular formula is C28H44NPSi. The fourth-order valence-electron chi connectivity index (χ4n) is 6.63. The second-order valence-electron chi connectivity index (χ2n) is 10.1. The monoisotopic (exact) mass is 453 g/mol. The number of nitrogens with zero attached hydrogens (tertiary/aromatic N) is 1. The lowest BCUT2D eigenvalue weighted by Gasteiger charge is -2.39. The van der Waals surface area contributed by atoms with Crippen molar-refractivity contribution in [2.24, 2.45) is 0 Å². The minimum atomic E-state index is -1.44. The van der Waals surface area contributed by atoms with Crippen molar-refractivity contribution in [3.8, 4) is 5.69 Å². The Hall–Kier alpha value is -0.853. The summed E-state index contributed by atoms with van der Waals surface area (Å²) in [6, 6.07) is 18.5. The predicted octanol–water partition coefficient (Wildman–Crippen LogP) is 7.97. The Morgan fingerprint density at radius 1 is 0.742 bits per heavy atom. The van der Waals surface area contributed by atoms with E-state index in [-0.39, 0.29) is 7.92 Å². The van der Waals surface area contributed by atoms with Crippen molar-refractivity contribution < 1.29 is 0 Å². The second kappa shape index (κ2) is 10.8. The Kier molecular flexibility index (Phi) is 8.15. The van der Waals surface area contributed by atoms with Crippen LogP contribution in [0.2, 0.25) is 18.1 Å². The van der Waals surface area contributed by atoms with Gasteiger partial charge in [0, 0.05) is 17.3 Å². The van der Waals surface area contributed by atoms with Gasteiger partial charge < -0.3 is 4.57 Å². The highest BCUT2D eigenvalue weighted by Crippen LogP contribution is 2.55. The SMILES string of the molecule is CC[Si](CC)(CC)c1ccccc1-n1cccc1P(C1CCCCC1)C1CCCCC1. The number of rotatable bonds is 8. The average Bonchev–Trinajstić information content (AvgIpc) is 3.32. The molecule has 0 saturated heterocycles. The maximum atomic E-state index is 2.69. The molecule has 170 valence electrons. The van der Waals surface area contributed by atoms with Crippen LogP contribution < -0.4 is 10.6 Å². The summed E-state index contributed by atoms with van der Waals surface area (Å²) in [5, 5.41) is 1.71. The smallest absolute Gasteiger partial charge is 0.0886 e. The third kappa shape index (κ3) is 4.76. The van der Waals surface area contributed by atoms with E-state index in [1.165, 1.54) is 88.0 Å². The first-order chi connectivity index (χ1) is 15.2. The Labute approximate surface area is 193 Å². The topological polar surface area (TPSA) is 4.93 Å². The minimum absolute atomic E-state index is 0.0821. The molecule has 2 fully saturated rings. The van der Waals surface area contributed by atoms with Crippen LogP contribution in [0.1, 0.15) is 85.0 Å². The Balaban J connectivity index is 1.79. The standard InChI is InChI=1S/C28H44NPSi/c1-4-31(5-2,6-3)27-21-14-13-20-26(27)29-23-15-22-28(29)30(24-16-9-7-10-17-24)25-18-11-8-12-19-25/h13-15,20-25H,4-12,16-19H2,1-3H3. The van der Waals surface area contributed by atoms with Crippen LogP contribution in [0.5, 0.6) is 0 Å². The van der Waals surface area contributed by atoms with Crippen molar-refractivity contribution in [3.05, 3.63) is 42.6 Å². The molecule has 0 amide bonds. The van der Waals surface area contributed by atoms with Gasteiger partial charge in [0.25, 0.3) is 0 Å². The molecule has 1 aromatic carbocycles. The molecule has 31 heavy (non-hydrogen) atoms. The molecule has 4 rings (SSSR count). The second-order valence-corrected chi connectivity index (χ2v) is 18.0. The fourth-order valence-corrected chi connectivity index (χ4v) is 14.3. The average molecular weight is 454 g/mol. The number of hydrogen-bond acceptors (Lipinski definition) is 0. The lowest BCUT2D eigenvalue weighted by atomic mass is 9.99. The van der Waals surface area contributed by atoms with Crippen LogP contribution in [0.4, 0.5) is 0 Å². The number of aromatic nitrogens is 1. The zero-order valence-corrected chi connectivity index (χ0v) is 22.2. The summed E-state index contributed by atoms with van der Waals surface area (Å²) in [5.41, 5.74) is 5.14. The van der Waals surface area contributed by atoms with Gasteiger partial charge in [-0.1, -0.05) is 104 Å². The van der Waals surface area contributed by atoms with Crippen molar-refractivity contribution in [1.82, 2.24) is 4.57 Å². The highest BCUT2D eigenvalue weighted by atomic mass is 31.1. The summed E-state index contributed by atoms with van der Waals surface area (Å²) in [6.07, 6.45) is 17.1. The van der Waals surface area contributed by atoms with Crippen molar-refractivity contribution >= 4 is 26.6 Å². The van der Waals surface area contributed by atoms with Crippen LogP contribution in [0, 0.1) is 0 Å². The predicted molar refractivity (Wildman–Crippen MR) is 143 cm³/mol. The summed E-state index contributed by atoms with van der Waals surface area (Å²) in [4.78, 5) is 0. The van der Waals surface area contributed by atoms with E-state index in [2.05, 4.69) is 67.9 Å². The van der Waals surface area contributed by atoms with Gasteiger partial charge in [0.2, 0.25) is 0 Å². The van der Waals surface area contributed by atoms with Crippen LogP contribution in [-0.2, 0) is 0 Å². The van der Waals surface area contributed by atoms with E-state index in [0.717, 1.165) is 11.3 Å². The van der Waals surface area contributed by atoms with Crippen molar-refractivity contribution in [3.63, 3.8) is 0 Å². The third-order valence-corrected chi connectivity index (χ3v) is 17.8. The number of para-hydroxylation sites is 1. The Bertz CT molecular complexity index is 786. The van der Waals surface area contributed by atoms with Crippen LogP contribution in [0.3, 0.4) is 0 Å². The van der Waals surface area contributed by atoms with Crippen LogP contribution in [0.25, 0.3) is 5.69 Å². The molecule has 0 atom stereocenters. The molecule has 0 unspecified atom stereocenters. The van der Waals surface area contributed by atoms with Crippen molar-refractivity contribution in [2.75, 3.05) is 0 Å². The van der Waals surface area contributed by atoms with Gasteiger partial charge in [-0.15, -0.1) is 0 Å². The number of hydrogen-bond donors (Lipinski definition) is 0. The van der Waals surface area contributed by atoms with Crippen molar-refractivity contribution in [2.45, 2.75) is 114 Å². The summed E-state index contributed by atoms with van der Waals surface area (Å²) in [7, 11) is -1.53. The molecule has 1 nitrogen and oxygen atoms in total. The van der Waals surface area contributed by atoms with E-state index in [4.69, 9.17) is 0 Å². The first-order valence-corrected chi connectivity index (χ1v) is 17.4. The first kappa shape index (κ1) is 23.3. The van der Waals surface area contributed by atoms with Crippen LogP contribution in [0.15, 0.2) is 42.6 Å². The van der Waals surface area contributed by atoms with Gasteiger partial charge in [0.05, 0.1) is 8.07 Å². The number of benzene rings is 1.